The number of piperidine rings is 1. The van der Waals surface area contributed by atoms with Crippen LogP contribution in [0, 0.1) is 0 Å². The summed E-state index contributed by atoms with van der Waals surface area (Å²) in [5.74, 6) is 0.447. The Morgan fingerprint density at radius 1 is 1.39 bits per heavy atom. The van der Waals surface area contributed by atoms with E-state index in [0.717, 1.165) is 22.9 Å². The summed E-state index contributed by atoms with van der Waals surface area (Å²) >= 11 is 3.41. The van der Waals surface area contributed by atoms with Crippen molar-refractivity contribution < 1.29 is 9.53 Å². The minimum Gasteiger partial charge on any atom is -0.450 e. The number of nitrogens with two attached hydrogens (primary N) is 1. The topological polar surface area (TPSA) is 80.0 Å². The number of carbonyl (C=O) groups excluding carboxylic acids is 1. The third kappa shape index (κ3) is 5.74. The Hall–Kier alpha value is -1.76. The Balaban J connectivity index is 1.75. The van der Waals surface area contributed by atoms with Gasteiger partial charge in [0.25, 0.3) is 0 Å². The molecule has 0 saturated carbocycles. The monoisotopic (exact) mass is 382 g/mol. The van der Waals surface area contributed by atoms with Crippen molar-refractivity contribution in [1.29, 1.82) is 0 Å². The van der Waals surface area contributed by atoms with Crippen LogP contribution in [-0.4, -0.2) is 42.7 Å². The molecular weight excluding hydrogens is 360 g/mol. The molecule has 1 saturated heterocycles. The molecule has 1 fully saturated rings. The molecule has 23 heavy (non-hydrogen) atoms. The van der Waals surface area contributed by atoms with Gasteiger partial charge in [0.05, 0.1) is 13.2 Å². The number of hydrogen-bond acceptors (Lipinski definition) is 3. The molecule has 1 aliphatic heterocycles. The quantitative estimate of drug-likeness (QED) is 0.619. The largest absolute Gasteiger partial charge is 0.450 e. The predicted octanol–water partition coefficient (Wildman–Crippen LogP) is 2.47. The Kier molecular flexibility index (Phi) is 6.70. The number of halogens is 1. The van der Waals surface area contributed by atoms with E-state index in [2.05, 4.69) is 26.2 Å². The van der Waals surface area contributed by atoms with Crippen LogP contribution in [-0.2, 0) is 11.3 Å². The Labute approximate surface area is 145 Å². The van der Waals surface area contributed by atoms with Crippen LogP contribution in [0.25, 0.3) is 0 Å². The summed E-state index contributed by atoms with van der Waals surface area (Å²) in [6.45, 7) is 4.13. The highest BCUT2D eigenvalue weighted by Crippen LogP contribution is 2.12. The molecule has 126 valence electrons. The van der Waals surface area contributed by atoms with Crippen LogP contribution in [0.4, 0.5) is 4.79 Å². The lowest BCUT2D eigenvalue weighted by Gasteiger charge is -2.31. The van der Waals surface area contributed by atoms with Gasteiger partial charge in [-0.15, -0.1) is 0 Å². The van der Waals surface area contributed by atoms with Crippen LogP contribution in [0.5, 0.6) is 0 Å². The minimum absolute atomic E-state index is 0.233. The summed E-state index contributed by atoms with van der Waals surface area (Å²) in [6.07, 6.45) is 1.45. The Bertz CT molecular complexity index is 540. The number of ether oxygens (including phenoxy) is 1. The summed E-state index contributed by atoms with van der Waals surface area (Å²) in [5, 5.41) is 3.23. The van der Waals surface area contributed by atoms with E-state index in [1.165, 1.54) is 0 Å². The average molecular weight is 383 g/mol. The van der Waals surface area contributed by atoms with Gasteiger partial charge in [-0.2, -0.15) is 0 Å². The van der Waals surface area contributed by atoms with Gasteiger partial charge in [0.2, 0.25) is 0 Å². The molecule has 1 amide bonds. The highest BCUT2D eigenvalue weighted by Gasteiger charge is 2.23. The van der Waals surface area contributed by atoms with E-state index in [1.807, 2.05) is 31.2 Å². The first-order valence-corrected chi connectivity index (χ1v) is 8.60. The minimum atomic E-state index is -0.233. The molecule has 0 aliphatic carbocycles. The van der Waals surface area contributed by atoms with Crippen molar-refractivity contribution in [3.63, 3.8) is 0 Å². The second-order valence-corrected chi connectivity index (χ2v) is 6.35. The number of hydrogen-bond donors (Lipinski definition) is 2. The zero-order chi connectivity index (χ0) is 16.7. The fraction of sp³-hybridized carbons (Fsp3) is 0.500. The van der Waals surface area contributed by atoms with Gasteiger partial charge in [0, 0.05) is 23.6 Å². The van der Waals surface area contributed by atoms with E-state index in [4.69, 9.17) is 10.5 Å². The fourth-order valence-corrected chi connectivity index (χ4v) is 2.71. The molecule has 3 N–H and O–H groups in total. The SMILES string of the molecule is CCOC(=O)N1CCC(NC(N)=NCc2ccc(Br)cc2)CC1. The lowest BCUT2D eigenvalue weighted by atomic mass is 10.1. The molecule has 7 heteroatoms. The highest BCUT2D eigenvalue weighted by atomic mass is 79.9. The zero-order valence-corrected chi connectivity index (χ0v) is 14.9. The molecule has 1 aliphatic rings. The summed E-state index contributed by atoms with van der Waals surface area (Å²) in [6, 6.07) is 8.24. The molecular formula is C16H23BrN4O2. The van der Waals surface area contributed by atoms with Crippen LogP contribution < -0.4 is 11.1 Å². The van der Waals surface area contributed by atoms with Gasteiger partial charge in [0.1, 0.15) is 0 Å². The van der Waals surface area contributed by atoms with Crippen molar-refractivity contribution in [1.82, 2.24) is 10.2 Å². The van der Waals surface area contributed by atoms with E-state index in [0.29, 0.717) is 32.2 Å². The number of rotatable bonds is 4. The smallest absolute Gasteiger partial charge is 0.409 e. The van der Waals surface area contributed by atoms with Gasteiger partial charge in [-0.3, -0.25) is 0 Å². The van der Waals surface area contributed by atoms with Gasteiger partial charge in [-0.05, 0) is 37.5 Å². The lowest BCUT2D eigenvalue weighted by Crippen LogP contribution is -2.48. The highest BCUT2D eigenvalue weighted by molar-refractivity contribution is 9.10. The van der Waals surface area contributed by atoms with Gasteiger partial charge >= 0.3 is 6.09 Å². The van der Waals surface area contributed by atoms with Crippen molar-refractivity contribution in [2.45, 2.75) is 32.4 Å². The summed E-state index contributed by atoms with van der Waals surface area (Å²) in [7, 11) is 0. The number of likely N-dealkylation sites (tertiary alicyclic amines) is 1. The van der Waals surface area contributed by atoms with Crippen molar-refractivity contribution in [2.75, 3.05) is 19.7 Å². The summed E-state index contributed by atoms with van der Waals surface area (Å²) < 4.78 is 6.05. The number of aliphatic imine (C=N–C) groups is 1. The summed E-state index contributed by atoms with van der Waals surface area (Å²) in [5.41, 5.74) is 7.06. The average Bonchev–Trinajstić information content (AvgIpc) is 2.55. The second-order valence-electron chi connectivity index (χ2n) is 5.43. The molecule has 0 radical (unpaired) electrons. The molecule has 0 unspecified atom stereocenters. The Morgan fingerprint density at radius 3 is 2.65 bits per heavy atom. The first-order chi connectivity index (χ1) is 11.1. The van der Waals surface area contributed by atoms with Crippen LogP contribution in [0.1, 0.15) is 25.3 Å². The van der Waals surface area contributed by atoms with Gasteiger partial charge in [0.15, 0.2) is 5.96 Å². The van der Waals surface area contributed by atoms with E-state index in [-0.39, 0.29) is 12.1 Å². The van der Waals surface area contributed by atoms with E-state index < -0.39 is 0 Å². The maximum Gasteiger partial charge on any atom is 0.409 e. The molecule has 0 spiro atoms. The zero-order valence-electron chi connectivity index (χ0n) is 13.3. The number of carbonyl (C=O) groups is 1. The van der Waals surface area contributed by atoms with Gasteiger partial charge in [-0.1, -0.05) is 28.1 Å². The second kappa shape index (κ2) is 8.76. The molecule has 1 aromatic rings. The standard InChI is InChI=1S/C16H23BrN4O2/c1-2-23-16(22)21-9-7-14(8-10-21)20-15(18)19-11-12-3-5-13(17)6-4-12/h3-6,14H,2,7-11H2,1H3,(H3,18,19,20). The Morgan fingerprint density at radius 2 is 2.04 bits per heavy atom. The number of nitrogens with one attached hydrogen (secondary N) is 1. The van der Waals surface area contributed by atoms with E-state index in [9.17, 15) is 4.79 Å². The number of benzene rings is 1. The first kappa shape index (κ1) is 17.6. The van der Waals surface area contributed by atoms with Crippen LogP contribution in [0.15, 0.2) is 33.7 Å². The number of nitrogens with zero attached hydrogens (tertiary/aromatic N) is 2. The third-order valence-electron chi connectivity index (χ3n) is 3.72. The molecule has 0 bridgehead atoms. The lowest BCUT2D eigenvalue weighted by molar-refractivity contribution is 0.0963. The van der Waals surface area contributed by atoms with E-state index >= 15 is 0 Å². The summed E-state index contributed by atoms with van der Waals surface area (Å²) in [4.78, 5) is 17.7. The van der Waals surface area contributed by atoms with Crippen molar-refractivity contribution in [3.05, 3.63) is 34.3 Å². The number of amides is 1. The molecule has 6 nitrogen and oxygen atoms in total. The van der Waals surface area contributed by atoms with Crippen molar-refractivity contribution in [3.8, 4) is 0 Å². The predicted molar refractivity (Wildman–Crippen MR) is 94.2 cm³/mol. The van der Waals surface area contributed by atoms with Crippen molar-refractivity contribution in [2.24, 2.45) is 10.7 Å². The molecule has 0 atom stereocenters. The number of guanidine groups is 1. The first-order valence-electron chi connectivity index (χ1n) is 7.81. The maximum absolute atomic E-state index is 11.6. The van der Waals surface area contributed by atoms with Crippen LogP contribution in [0.3, 0.4) is 0 Å². The molecule has 0 aromatic heterocycles. The van der Waals surface area contributed by atoms with E-state index in [1.54, 1.807) is 4.90 Å². The molecule has 1 aromatic carbocycles. The molecule has 2 rings (SSSR count). The van der Waals surface area contributed by atoms with Crippen molar-refractivity contribution >= 4 is 28.0 Å². The maximum atomic E-state index is 11.6. The van der Waals surface area contributed by atoms with Gasteiger partial charge in [-0.25, -0.2) is 9.79 Å². The van der Waals surface area contributed by atoms with Gasteiger partial charge < -0.3 is 20.7 Å². The normalized spacial score (nSPS) is 16.3. The van der Waals surface area contributed by atoms with Crippen LogP contribution >= 0.6 is 15.9 Å². The third-order valence-corrected chi connectivity index (χ3v) is 4.25. The van der Waals surface area contributed by atoms with Crippen LogP contribution in [0.2, 0.25) is 0 Å². The molecule has 1 heterocycles. The fourth-order valence-electron chi connectivity index (χ4n) is 2.44.